The van der Waals surface area contributed by atoms with Crippen molar-refractivity contribution in [2.24, 2.45) is 0 Å². The number of allylic oxidation sites excluding steroid dienone is 1. The summed E-state index contributed by atoms with van der Waals surface area (Å²) in [5.41, 5.74) is 3.41. The van der Waals surface area contributed by atoms with Crippen LogP contribution in [-0.2, 0) is 4.84 Å². The molecule has 0 aliphatic carbocycles. The van der Waals surface area contributed by atoms with Gasteiger partial charge in [-0.3, -0.25) is 0 Å². The quantitative estimate of drug-likeness (QED) is 0.798. The zero-order valence-corrected chi connectivity index (χ0v) is 10.8. The maximum absolute atomic E-state index is 5.77. The van der Waals surface area contributed by atoms with Gasteiger partial charge in [0.25, 0.3) is 3.79 Å². The molecule has 2 rings (SSSR count). The van der Waals surface area contributed by atoms with Gasteiger partial charge in [0.1, 0.15) is 0 Å². The van der Waals surface area contributed by atoms with Gasteiger partial charge in [0.15, 0.2) is 5.76 Å². The lowest BCUT2D eigenvalue weighted by Gasteiger charge is -2.13. The molecule has 1 aliphatic heterocycles. The van der Waals surface area contributed by atoms with Crippen molar-refractivity contribution in [2.45, 2.75) is 3.79 Å². The number of alkyl halides is 3. The summed E-state index contributed by atoms with van der Waals surface area (Å²) in [4.78, 5) is 5.02. The number of rotatable bonds is 1. The number of hydrogen-bond acceptors (Lipinski definition) is 3. The summed E-state index contributed by atoms with van der Waals surface area (Å²) in [6, 6.07) is 7.10. The molecule has 0 radical (unpaired) electrons. The lowest BCUT2D eigenvalue weighted by Crippen LogP contribution is -2.27. The van der Waals surface area contributed by atoms with Crippen LogP contribution in [0.2, 0.25) is 5.02 Å². The predicted octanol–water partition coefficient (Wildman–Crippen LogP) is 3.81. The largest absolute Gasteiger partial charge is 0.387 e. The molecule has 0 aromatic heterocycles. The van der Waals surface area contributed by atoms with Crippen molar-refractivity contribution in [1.29, 1.82) is 0 Å². The summed E-state index contributed by atoms with van der Waals surface area (Å²) in [5.74, 6) is 0.201. The first-order valence-electron chi connectivity index (χ1n) is 4.23. The minimum atomic E-state index is -1.59. The first-order chi connectivity index (χ1) is 7.47. The molecule has 0 spiro atoms. The third-order valence-electron chi connectivity index (χ3n) is 1.88. The molecular formula is C9H6Cl4N2O. The van der Waals surface area contributed by atoms with Gasteiger partial charge < -0.3 is 4.84 Å². The van der Waals surface area contributed by atoms with Gasteiger partial charge in [0, 0.05) is 5.02 Å². The molecule has 0 atom stereocenters. The second-order valence-corrected chi connectivity index (χ2v) is 5.75. The van der Waals surface area contributed by atoms with Gasteiger partial charge in [-0.15, -0.1) is 0 Å². The smallest absolute Gasteiger partial charge is 0.251 e. The number of nitrogens with one attached hydrogen (secondary N) is 1. The molecule has 1 heterocycles. The lowest BCUT2D eigenvalue weighted by molar-refractivity contribution is 0.128. The standard InChI is InChI=1S/C9H6Cl4N2O/c10-6-1-3-7(4-2-6)15-5-8(16-14-15)9(11,12)13/h1-5,14H. The van der Waals surface area contributed by atoms with E-state index in [1.807, 2.05) is 0 Å². The molecule has 1 aliphatic rings. The van der Waals surface area contributed by atoms with E-state index in [1.165, 1.54) is 0 Å². The highest BCUT2D eigenvalue weighted by molar-refractivity contribution is 6.69. The summed E-state index contributed by atoms with van der Waals surface area (Å²) in [6.45, 7) is 0. The van der Waals surface area contributed by atoms with Crippen molar-refractivity contribution >= 4 is 52.1 Å². The highest BCUT2D eigenvalue weighted by Gasteiger charge is 2.33. The summed E-state index contributed by atoms with van der Waals surface area (Å²) in [7, 11) is 0. The Kier molecular flexibility index (Phi) is 3.42. The van der Waals surface area contributed by atoms with E-state index in [0.29, 0.717) is 5.02 Å². The average Bonchev–Trinajstić information content (AvgIpc) is 2.67. The van der Waals surface area contributed by atoms with E-state index in [9.17, 15) is 0 Å². The van der Waals surface area contributed by atoms with Crippen LogP contribution in [0.1, 0.15) is 0 Å². The van der Waals surface area contributed by atoms with Gasteiger partial charge >= 0.3 is 0 Å². The molecule has 0 bridgehead atoms. The third-order valence-corrected chi connectivity index (χ3v) is 2.70. The van der Waals surface area contributed by atoms with Crippen molar-refractivity contribution in [1.82, 2.24) is 5.59 Å². The van der Waals surface area contributed by atoms with Gasteiger partial charge in [0.2, 0.25) is 0 Å². The Hall–Kier alpha value is -0.320. The van der Waals surface area contributed by atoms with Crippen molar-refractivity contribution in [3.05, 3.63) is 41.2 Å². The monoisotopic (exact) mass is 298 g/mol. The first kappa shape index (κ1) is 12.1. The van der Waals surface area contributed by atoms with Crippen molar-refractivity contribution in [3.63, 3.8) is 0 Å². The Morgan fingerprint density at radius 3 is 2.25 bits per heavy atom. The van der Waals surface area contributed by atoms with Crippen LogP contribution in [0.5, 0.6) is 0 Å². The zero-order chi connectivity index (χ0) is 11.8. The lowest BCUT2D eigenvalue weighted by atomic mass is 10.3. The molecule has 0 amide bonds. The van der Waals surface area contributed by atoms with E-state index >= 15 is 0 Å². The molecule has 0 unspecified atom stereocenters. The van der Waals surface area contributed by atoms with Crippen LogP contribution in [0.3, 0.4) is 0 Å². The van der Waals surface area contributed by atoms with Crippen LogP contribution in [0.25, 0.3) is 0 Å². The minimum Gasteiger partial charge on any atom is -0.387 e. The Morgan fingerprint density at radius 2 is 1.75 bits per heavy atom. The first-order valence-corrected chi connectivity index (χ1v) is 5.74. The molecule has 3 nitrogen and oxygen atoms in total. The molecule has 86 valence electrons. The second-order valence-electron chi connectivity index (χ2n) is 3.03. The molecule has 1 aromatic carbocycles. The Morgan fingerprint density at radius 1 is 1.12 bits per heavy atom. The topological polar surface area (TPSA) is 24.5 Å². The predicted molar refractivity (Wildman–Crippen MR) is 66.5 cm³/mol. The van der Waals surface area contributed by atoms with E-state index in [1.54, 1.807) is 35.5 Å². The number of halogens is 4. The Balaban J connectivity index is 2.20. The molecular weight excluding hydrogens is 294 g/mol. The highest BCUT2D eigenvalue weighted by atomic mass is 35.6. The molecule has 0 saturated heterocycles. The van der Waals surface area contributed by atoms with Gasteiger partial charge in [-0.2, -0.15) is 0 Å². The second kappa shape index (κ2) is 4.51. The van der Waals surface area contributed by atoms with Crippen molar-refractivity contribution < 1.29 is 4.84 Å². The molecule has 1 aromatic rings. The summed E-state index contributed by atoms with van der Waals surface area (Å²) in [5, 5.41) is 2.22. The molecule has 1 N–H and O–H groups in total. The van der Waals surface area contributed by atoms with Crippen LogP contribution in [0.15, 0.2) is 36.2 Å². The molecule has 16 heavy (non-hydrogen) atoms. The third kappa shape index (κ3) is 2.67. The summed E-state index contributed by atoms with van der Waals surface area (Å²) in [6.07, 6.45) is 1.55. The van der Waals surface area contributed by atoms with Crippen LogP contribution < -0.4 is 10.6 Å². The van der Waals surface area contributed by atoms with Gasteiger partial charge in [-0.1, -0.05) is 52.0 Å². The van der Waals surface area contributed by atoms with Crippen LogP contribution in [0.4, 0.5) is 5.69 Å². The zero-order valence-electron chi connectivity index (χ0n) is 7.75. The number of hydrazine groups is 1. The van der Waals surface area contributed by atoms with Crippen molar-refractivity contribution in [3.8, 4) is 0 Å². The van der Waals surface area contributed by atoms with Gasteiger partial charge in [-0.25, -0.2) is 5.01 Å². The normalized spacial score (nSPS) is 16.0. The van der Waals surface area contributed by atoms with E-state index in [2.05, 4.69) is 5.59 Å². The van der Waals surface area contributed by atoms with E-state index in [0.717, 1.165) is 5.69 Å². The highest BCUT2D eigenvalue weighted by Crippen LogP contribution is 2.37. The fourth-order valence-electron chi connectivity index (χ4n) is 1.13. The van der Waals surface area contributed by atoms with E-state index in [-0.39, 0.29) is 5.76 Å². The SMILES string of the molecule is Clc1ccc(N2C=C(C(Cl)(Cl)Cl)ON2)cc1. The fraction of sp³-hybridized carbons (Fsp3) is 0.111. The number of hydrogen-bond donors (Lipinski definition) is 1. The van der Waals surface area contributed by atoms with Gasteiger partial charge in [0.05, 0.1) is 11.9 Å². The summed E-state index contributed by atoms with van der Waals surface area (Å²) >= 11 is 22.8. The average molecular weight is 300 g/mol. The summed E-state index contributed by atoms with van der Waals surface area (Å²) < 4.78 is -1.59. The number of nitrogens with zero attached hydrogens (tertiary/aromatic N) is 1. The van der Waals surface area contributed by atoms with E-state index in [4.69, 9.17) is 51.2 Å². The Bertz CT molecular complexity index is 413. The number of benzene rings is 1. The maximum Gasteiger partial charge on any atom is 0.251 e. The van der Waals surface area contributed by atoms with Gasteiger partial charge in [-0.05, 0) is 24.3 Å². The number of anilines is 1. The van der Waals surface area contributed by atoms with E-state index < -0.39 is 3.79 Å². The van der Waals surface area contributed by atoms with Crippen LogP contribution in [0, 0.1) is 0 Å². The maximum atomic E-state index is 5.77. The van der Waals surface area contributed by atoms with Crippen LogP contribution in [-0.4, -0.2) is 3.79 Å². The minimum absolute atomic E-state index is 0.201. The van der Waals surface area contributed by atoms with Crippen LogP contribution >= 0.6 is 46.4 Å². The fourth-order valence-corrected chi connectivity index (χ4v) is 1.52. The molecule has 0 saturated carbocycles. The molecule has 7 heteroatoms. The molecule has 0 fully saturated rings. The Labute approximate surface area is 112 Å². The van der Waals surface area contributed by atoms with Crippen molar-refractivity contribution in [2.75, 3.05) is 5.01 Å².